The first kappa shape index (κ1) is 14.3. The molecular formula is C13H17BrN2O3. The van der Waals surface area contributed by atoms with Gasteiger partial charge in [0.2, 0.25) is 0 Å². The number of nitro benzene ring substituents is 1. The average Bonchev–Trinajstić information content (AvgIpc) is 2.41. The van der Waals surface area contributed by atoms with Crippen molar-refractivity contribution in [2.24, 2.45) is 0 Å². The molecule has 0 radical (unpaired) electrons. The van der Waals surface area contributed by atoms with Gasteiger partial charge in [0, 0.05) is 24.4 Å². The standard InChI is InChI=1S/C13H17BrN2O3/c1-2-11-7-10(5-6-19-11)15-9-3-4-12(14)13(8-9)16(17)18/h3-4,8,10-11,15H,2,5-7H2,1H3. The maximum atomic E-state index is 10.9. The van der Waals surface area contributed by atoms with Crippen molar-refractivity contribution in [3.8, 4) is 0 Å². The lowest BCUT2D eigenvalue weighted by Gasteiger charge is -2.30. The molecule has 1 heterocycles. The van der Waals surface area contributed by atoms with Crippen molar-refractivity contribution in [3.05, 3.63) is 32.8 Å². The lowest BCUT2D eigenvalue weighted by atomic mass is 10.0. The monoisotopic (exact) mass is 328 g/mol. The van der Waals surface area contributed by atoms with Gasteiger partial charge in [0.1, 0.15) is 0 Å². The summed E-state index contributed by atoms with van der Waals surface area (Å²) in [5.41, 5.74) is 0.876. The molecule has 6 heteroatoms. The van der Waals surface area contributed by atoms with Crippen LogP contribution in [0.2, 0.25) is 0 Å². The Morgan fingerprint density at radius 3 is 3.05 bits per heavy atom. The summed E-state index contributed by atoms with van der Waals surface area (Å²) >= 11 is 3.19. The summed E-state index contributed by atoms with van der Waals surface area (Å²) in [6.07, 6.45) is 3.16. The molecule has 1 fully saturated rings. The Kier molecular flexibility index (Phi) is 4.76. The molecule has 0 amide bonds. The van der Waals surface area contributed by atoms with Crippen molar-refractivity contribution in [3.63, 3.8) is 0 Å². The van der Waals surface area contributed by atoms with Gasteiger partial charge < -0.3 is 10.1 Å². The molecule has 0 bridgehead atoms. The van der Waals surface area contributed by atoms with Gasteiger partial charge >= 0.3 is 0 Å². The van der Waals surface area contributed by atoms with Crippen molar-refractivity contribution in [2.45, 2.75) is 38.3 Å². The van der Waals surface area contributed by atoms with Gasteiger partial charge in [0.15, 0.2) is 0 Å². The van der Waals surface area contributed by atoms with E-state index in [1.165, 1.54) is 0 Å². The van der Waals surface area contributed by atoms with E-state index in [9.17, 15) is 10.1 Å². The highest BCUT2D eigenvalue weighted by Crippen LogP contribution is 2.29. The molecule has 1 aromatic rings. The van der Waals surface area contributed by atoms with E-state index < -0.39 is 0 Å². The number of benzene rings is 1. The van der Waals surface area contributed by atoms with Crippen LogP contribution >= 0.6 is 15.9 Å². The molecule has 2 atom stereocenters. The number of anilines is 1. The minimum atomic E-state index is -0.381. The van der Waals surface area contributed by atoms with Crippen LogP contribution in [0, 0.1) is 10.1 Å². The van der Waals surface area contributed by atoms with Crippen molar-refractivity contribution in [1.29, 1.82) is 0 Å². The first-order valence-electron chi connectivity index (χ1n) is 6.42. The number of nitrogens with zero attached hydrogens (tertiary/aromatic N) is 1. The Bertz CT molecular complexity index is 467. The molecule has 19 heavy (non-hydrogen) atoms. The van der Waals surface area contributed by atoms with Gasteiger partial charge in [0.25, 0.3) is 5.69 Å². The third kappa shape index (κ3) is 3.67. The first-order valence-corrected chi connectivity index (χ1v) is 7.21. The Labute approximate surface area is 120 Å². The quantitative estimate of drug-likeness (QED) is 0.675. The molecule has 1 aromatic carbocycles. The van der Waals surface area contributed by atoms with E-state index in [4.69, 9.17) is 4.74 Å². The van der Waals surface area contributed by atoms with Crippen LogP contribution in [0.1, 0.15) is 26.2 Å². The summed E-state index contributed by atoms with van der Waals surface area (Å²) in [6, 6.07) is 5.45. The Morgan fingerprint density at radius 2 is 2.37 bits per heavy atom. The molecule has 1 aliphatic heterocycles. The minimum absolute atomic E-state index is 0.0871. The number of ether oxygens (including phenoxy) is 1. The lowest BCUT2D eigenvalue weighted by molar-refractivity contribution is -0.385. The predicted octanol–water partition coefficient (Wildman–Crippen LogP) is 3.73. The summed E-state index contributed by atoms with van der Waals surface area (Å²) in [5.74, 6) is 0. The van der Waals surface area contributed by atoms with Crippen molar-refractivity contribution in [1.82, 2.24) is 0 Å². The summed E-state index contributed by atoms with van der Waals surface area (Å²) in [5, 5.41) is 14.3. The smallest absolute Gasteiger partial charge is 0.285 e. The molecule has 2 rings (SSSR count). The second kappa shape index (κ2) is 6.34. The Morgan fingerprint density at radius 1 is 1.58 bits per heavy atom. The average molecular weight is 329 g/mol. The van der Waals surface area contributed by atoms with E-state index in [1.54, 1.807) is 12.1 Å². The van der Waals surface area contributed by atoms with Crippen LogP contribution in [0.4, 0.5) is 11.4 Å². The molecule has 0 saturated carbocycles. The third-order valence-electron chi connectivity index (χ3n) is 3.34. The molecule has 104 valence electrons. The number of nitrogens with one attached hydrogen (secondary N) is 1. The van der Waals surface area contributed by atoms with Crippen molar-refractivity contribution < 1.29 is 9.66 Å². The second-order valence-corrected chi connectivity index (χ2v) is 5.54. The molecular weight excluding hydrogens is 312 g/mol. The SMILES string of the molecule is CCC1CC(Nc2ccc(Br)c([N+](=O)[O-])c2)CCO1. The zero-order chi connectivity index (χ0) is 13.8. The zero-order valence-electron chi connectivity index (χ0n) is 10.8. The van der Waals surface area contributed by atoms with Gasteiger partial charge in [-0.1, -0.05) is 6.92 Å². The molecule has 1 aliphatic rings. The molecule has 1 saturated heterocycles. The number of rotatable bonds is 4. The zero-order valence-corrected chi connectivity index (χ0v) is 12.4. The summed E-state index contributed by atoms with van der Waals surface area (Å²) in [7, 11) is 0. The number of halogens is 1. The highest BCUT2D eigenvalue weighted by Gasteiger charge is 2.22. The van der Waals surface area contributed by atoms with Gasteiger partial charge in [-0.3, -0.25) is 10.1 Å². The predicted molar refractivity (Wildman–Crippen MR) is 77.5 cm³/mol. The van der Waals surface area contributed by atoms with Gasteiger partial charge in [-0.15, -0.1) is 0 Å². The maximum absolute atomic E-state index is 10.9. The van der Waals surface area contributed by atoms with Crippen LogP contribution in [-0.4, -0.2) is 23.7 Å². The fourth-order valence-corrected chi connectivity index (χ4v) is 2.67. The Hall–Kier alpha value is -1.14. The normalized spacial score (nSPS) is 23.1. The summed E-state index contributed by atoms with van der Waals surface area (Å²) in [6.45, 7) is 2.85. The van der Waals surface area contributed by atoms with E-state index in [0.29, 0.717) is 10.5 Å². The Balaban J connectivity index is 2.06. The third-order valence-corrected chi connectivity index (χ3v) is 4.01. The first-order chi connectivity index (χ1) is 9.10. The van der Waals surface area contributed by atoms with Crippen LogP contribution in [0.15, 0.2) is 22.7 Å². The van der Waals surface area contributed by atoms with E-state index >= 15 is 0 Å². The highest BCUT2D eigenvalue weighted by atomic mass is 79.9. The largest absolute Gasteiger partial charge is 0.382 e. The van der Waals surface area contributed by atoms with Crippen LogP contribution in [-0.2, 0) is 4.74 Å². The van der Waals surface area contributed by atoms with E-state index in [-0.39, 0.29) is 16.7 Å². The number of nitro groups is 1. The molecule has 0 aliphatic carbocycles. The molecule has 1 N–H and O–H groups in total. The highest BCUT2D eigenvalue weighted by molar-refractivity contribution is 9.10. The van der Waals surface area contributed by atoms with Gasteiger partial charge in [-0.2, -0.15) is 0 Å². The molecule has 5 nitrogen and oxygen atoms in total. The van der Waals surface area contributed by atoms with Gasteiger partial charge in [0.05, 0.1) is 15.5 Å². The topological polar surface area (TPSA) is 64.4 Å². The molecule has 0 spiro atoms. The maximum Gasteiger partial charge on any atom is 0.285 e. The summed E-state index contributed by atoms with van der Waals surface area (Å²) in [4.78, 5) is 10.5. The van der Waals surface area contributed by atoms with Gasteiger partial charge in [-0.05, 0) is 47.3 Å². The summed E-state index contributed by atoms with van der Waals surface area (Å²) < 4.78 is 6.12. The number of hydrogen-bond donors (Lipinski definition) is 1. The fourth-order valence-electron chi connectivity index (χ4n) is 2.27. The minimum Gasteiger partial charge on any atom is -0.382 e. The van der Waals surface area contributed by atoms with Crippen molar-refractivity contribution in [2.75, 3.05) is 11.9 Å². The van der Waals surface area contributed by atoms with E-state index in [0.717, 1.165) is 31.6 Å². The van der Waals surface area contributed by atoms with E-state index in [2.05, 4.69) is 28.2 Å². The molecule has 0 aromatic heterocycles. The molecule has 2 unspecified atom stereocenters. The number of hydrogen-bond acceptors (Lipinski definition) is 4. The van der Waals surface area contributed by atoms with Gasteiger partial charge in [-0.25, -0.2) is 0 Å². The van der Waals surface area contributed by atoms with Crippen molar-refractivity contribution >= 4 is 27.3 Å². The second-order valence-electron chi connectivity index (χ2n) is 4.69. The van der Waals surface area contributed by atoms with Crippen LogP contribution < -0.4 is 5.32 Å². The van der Waals surface area contributed by atoms with Crippen LogP contribution in [0.3, 0.4) is 0 Å². The lowest BCUT2D eigenvalue weighted by Crippen LogP contribution is -2.33. The fraction of sp³-hybridized carbons (Fsp3) is 0.538. The van der Waals surface area contributed by atoms with Crippen LogP contribution in [0.25, 0.3) is 0 Å². The van der Waals surface area contributed by atoms with E-state index in [1.807, 2.05) is 6.07 Å². The van der Waals surface area contributed by atoms with Crippen LogP contribution in [0.5, 0.6) is 0 Å².